The summed E-state index contributed by atoms with van der Waals surface area (Å²) in [5.41, 5.74) is 3.15. The molecule has 2 aliphatic rings. The van der Waals surface area contributed by atoms with Crippen LogP contribution in [0.3, 0.4) is 0 Å². The lowest BCUT2D eigenvalue weighted by atomic mass is 9.83. The second-order valence-corrected chi connectivity index (χ2v) is 9.14. The Balaban J connectivity index is 1.51. The average molecular weight is 494 g/mol. The van der Waals surface area contributed by atoms with E-state index in [0.29, 0.717) is 24.9 Å². The van der Waals surface area contributed by atoms with Crippen molar-refractivity contribution in [2.75, 3.05) is 11.4 Å². The monoisotopic (exact) mass is 493 g/mol. The quantitative estimate of drug-likeness (QED) is 0.395. The fourth-order valence-corrected chi connectivity index (χ4v) is 5.27. The maximum atomic E-state index is 13.3. The van der Waals surface area contributed by atoms with Crippen molar-refractivity contribution in [2.24, 2.45) is 0 Å². The summed E-state index contributed by atoms with van der Waals surface area (Å²) in [4.78, 5) is 50.8. The Morgan fingerprint density at radius 3 is 2.30 bits per heavy atom. The standard InChI is InChI=1S/C28H23N5O4/c34-25-21(24-19-8-3-1-6-17(19)11-12-18-7-2-4-9-20(18)24)16-33(28(37)31-25)23-13-14-29-27(30-23)32-15-5-10-22(32)26(35)36/h1-4,6-9,11-14,16,22,24H,5,10,15H2,(H,35,36)(H,31,34,37)/t22-/m0/s1. The van der Waals surface area contributed by atoms with E-state index >= 15 is 0 Å². The molecule has 0 saturated carbocycles. The van der Waals surface area contributed by atoms with Crippen molar-refractivity contribution >= 4 is 24.1 Å². The van der Waals surface area contributed by atoms with Gasteiger partial charge in [-0.2, -0.15) is 4.98 Å². The molecule has 6 rings (SSSR count). The van der Waals surface area contributed by atoms with Gasteiger partial charge >= 0.3 is 11.7 Å². The Kier molecular flexibility index (Phi) is 5.52. The number of aliphatic carboxylic acids is 1. The summed E-state index contributed by atoms with van der Waals surface area (Å²) in [6, 6.07) is 16.6. The van der Waals surface area contributed by atoms with Crippen molar-refractivity contribution in [1.29, 1.82) is 0 Å². The lowest BCUT2D eigenvalue weighted by Gasteiger charge is -2.22. The predicted molar refractivity (Wildman–Crippen MR) is 139 cm³/mol. The minimum atomic E-state index is -0.936. The van der Waals surface area contributed by atoms with Gasteiger partial charge in [-0.05, 0) is 35.1 Å². The van der Waals surface area contributed by atoms with Crippen LogP contribution in [0.4, 0.5) is 5.95 Å². The summed E-state index contributed by atoms with van der Waals surface area (Å²) in [7, 11) is 0. The van der Waals surface area contributed by atoms with E-state index < -0.39 is 29.2 Å². The first-order valence-electron chi connectivity index (χ1n) is 12.1. The average Bonchev–Trinajstić information content (AvgIpc) is 3.34. The molecule has 1 aliphatic heterocycles. The molecule has 2 N–H and O–H groups in total. The number of carbonyl (C=O) groups is 1. The third kappa shape index (κ3) is 3.94. The summed E-state index contributed by atoms with van der Waals surface area (Å²) >= 11 is 0. The van der Waals surface area contributed by atoms with Crippen LogP contribution < -0.4 is 16.1 Å². The molecule has 0 amide bonds. The van der Waals surface area contributed by atoms with E-state index in [9.17, 15) is 19.5 Å². The maximum Gasteiger partial charge on any atom is 0.334 e. The lowest BCUT2D eigenvalue weighted by Crippen LogP contribution is -2.37. The molecular weight excluding hydrogens is 470 g/mol. The van der Waals surface area contributed by atoms with Crippen LogP contribution in [0.5, 0.6) is 0 Å². The van der Waals surface area contributed by atoms with Gasteiger partial charge in [0.2, 0.25) is 5.95 Å². The van der Waals surface area contributed by atoms with Crippen LogP contribution >= 0.6 is 0 Å². The highest BCUT2D eigenvalue weighted by Crippen LogP contribution is 2.37. The Bertz CT molecular complexity index is 1620. The van der Waals surface area contributed by atoms with Gasteiger partial charge < -0.3 is 10.0 Å². The Labute approximate surface area is 211 Å². The molecule has 0 unspecified atom stereocenters. The highest BCUT2D eigenvalue weighted by molar-refractivity contribution is 5.78. The normalized spacial score (nSPS) is 16.8. The number of hydrogen-bond acceptors (Lipinski definition) is 6. The third-order valence-corrected chi connectivity index (χ3v) is 7.01. The zero-order valence-corrected chi connectivity index (χ0v) is 19.7. The molecule has 9 heteroatoms. The number of hydrogen-bond donors (Lipinski definition) is 2. The Morgan fingerprint density at radius 1 is 0.946 bits per heavy atom. The van der Waals surface area contributed by atoms with Gasteiger partial charge in [-0.1, -0.05) is 60.7 Å². The van der Waals surface area contributed by atoms with Crippen LogP contribution in [0.15, 0.2) is 76.6 Å². The number of carboxylic acids is 1. The van der Waals surface area contributed by atoms with E-state index in [1.165, 1.54) is 17.0 Å². The van der Waals surface area contributed by atoms with Gasteiger partial charge in [0.25, 0.3) is 5.56 Å². The van der Waals surface area contributed by atoms with Gasteiger partial charge in [-0.25, -0.2) is 14.6 Å². The van der Waals surface area contributed by atoms with E-state index in [4.69, 9.17) is 0 Å². The van der Waals surface area contributed by atoms with Gasteiger partial charge in [0.05, 0.1) is 0 Å². The van der Waals surface area contributed by atoms with Crippen molar-refractivity contribution < 1.29 is 9.90 Å². The van der Waals surface area contributed by atoms with E-state index in [1.54, 1.807) is 11.0 Å². The molecule has 1 aliphatic carbocycles. The molecule has 184 valence electrons. The number of H-pyrrole nitrogens is 1. The number of aromatic amines is 1. The molecule has 0 radical (unpaired) electrons. The van der Waals surface area contributed by atoms with E-state index in [-0.39, 0.29) is 11.8 Å². The molecule has 37 heavy (non-hydrogen) atoms. The summed E-state index contributed by atoms with van der Waals surface area (Å²) < 4.78 is 1.29. The molecule has 1 atom stereocenters. The second kappa shape index (κ2) is 9.02. The summed E-state index contributed by atoms with van der Waals surface area (Å²) in [5, 5.41) is 9.57. The minimum Gasteiger partial charge on any atom is -0.480 e. The minimum absolute atomic E-state index is 0.233. The molecular formula is C28H23N5O4. The SMILES string of the molecule is O=C(O)[C@@H]1CCCN1c1nccc(-n2cc(C3c4ccccc4C=Cc4ccccc43)c(=O)[nH]c2=O)n1. The highest BCUT2D eigenvalue weighted by Gasteiger charge is 2.32. The van der Waals surface area contributed by atoms with E-state index in [2.05, 4.69) is 15.0 Å². The number of anilines is 1. The van der Waals surface area contributed by atoms with E-state index in [1.807, 2.05) is 60.7 Å². The third-order valence-electron chi connectivity index (χ3n) is 7.01. The number of nitrogens with one attached hydrogen (secondary N) is 1. The molecule has 2 aromatic carbocycles. The molecule has 0 bridgehead atoms. The van der Waals surface area contributed by atoms with Crippen LogP contribution in [-0.2, 0) is 4.79 Å². The fourth-order valence-electron chi connectivity index (χ4n) is 5.27. The van der Waals surface area contributed by atoms with Gasteiger partial charge in [0.15, 0.2) is 0 Å². The van der Waals surface area contributed by atoms with Crippen molar-refractivity contribution in [1.82, 2.24) is 19.5 Å². The Hall–Kier alpha value is -4.79. The number of aromatic nitrogens is 4. The highest BCUT2D eigenvalue weighted by atomic mass is 16.4. The molecule has 4 aromatic rings. The number of rotatable bonds is 4. The van der Waals surface area contributed by atoms with Gasteiger partial charge in [0.1, 0.15) is 11.9 Å². The number of benzene rings is 2. The van der Waals surface area contributed by atoms with Crippen LogP contribution in [0.2, 0.25) is 0 Å². The number of carboxylic acid groups (broad SMARTS) is 1. The molecule has 9 nitrogen and oxygen atoms in total. The van der Waals surface area contributed by atoms with Crippen LogP contribution in [0.1, 0.15) is 46.6 Å². The van der Waals surface area contributed by atoms with Crippen LogP contribution in [0, 0.1) is 0 Å². The number of fused-ring (bicyclic) bond motifs is 2. The Morgan fingerprint density at radius 2 is 1.62 bits per heavy atom. The number of nitrogens with zero attached hydrogens (tertiary/aromatic N) is 4. The molecule has 1 fully saturated rings. The van der Waals surface area contributed by atoms with Crippen molar-refractivity contribution in [3.05, 3.63) is 116 Å². The van der Waals surface area contributed by atoms with Crippen LogP contribution in [0.25, 0.3) is 18.0 Å². The molecule has 1 saturated heterocycles. The van der Waals surface area contributed by atoms with Gasteiger partial charge in [-0.3, -0.25) is 14.3 Å². The van der Waals surface area contributed by atoms with E-state index in [0.717, 1.165) is 22.3 Å². The van der Waals surface area contributed by atoms with Crippen LogP contribution in [-0.4, -0.2) is 43.2 Å². The predicted octanol–water partition coefficient (Wildman–Crippen LogP) is 3.03. The second-order valence-electron chi connectivity index (χ2n) is 9.14. The zero-order chi connectivity index (χ0) is 25.5. The lowest BCUT2D eigenvalue weighted by molar-refractivity contribution is -0.138. The maximum absolute atomic E-state index is 13.3. The first-order valence-corrected chi connectivity index (χ1v) is 12.1. The summed E-state index contributed by atoms with van der Waals surface area (Å²) in [6.07, 6.45) is 8.30. The van der Waals surface area contributed by atoms with Crippen molar-refractivity contribution in [3.8, 4) is 5.82 Å². The molecule has 2 aromatic heterocycles. The molecule has 0 spiro atoms. The fraction of sp³-hybridized carbons (Fsp3) is 0.179. The summed E-state index contributed by atoms with van der Waals surface area (Å²) in [5.74, 6) is -0.878. The first-order chi connectivity index (χ1) is 18.0. The topological polar surface area (TPSA) is 121 Å². The smallest absolute Gasteiger partial charge is 0.334 e. The largest absolute Gasteiger partial charge is 0.480 e. The first kappa shape index (κ1) is 22.7. The summed E-state index contributed by atoms with van der Waals surface area (Å²) in [6.45, 7) is 0.509. The van der Waals surface area contributed by atoms with Crippen molar-refractivity contribution in [3.63, 3.8) is 0 Å². The van der Waals surface area contributed by atoms with Crippen molar-refractivity contribution in [2.45, 2.75) is 24.8 Å². The molecule has 3 heterocycles. The van der Waals surface area contributed by atoms with Gasteiger partial charge in [0, 0.05) is 36.5 Å². The zero-order valence-electron chi connectivity index (χ0n) is 19.7. The van der Waals surface area contributed by atoms with Gasteiger partial charge in [-0.15, -0.1) is 0 Å².